The Labute approximate surface area is 187 Å². The molecule has 1 aromatic carbocycles. The van der Waals surface area contributed by atoms with Crippen LogP contribution in [0.3, 0.4) is 0 Å². The highest BCUT2D eigenvalue weighted by Gasteiger charge is 2.25. The third-order valence-corrected chi connectivity index (χ3v) is 4.74. The van der Waals surface area contributed by atoms with E-state index in [1.165, 1.54) is 11.1 Å². The quantitative estimate of drug-likeness (QED) is 0.217. The first-order valence-corrected chi connectivity index (χ1v) is 9.95. The van der Waals surface area contributed by atoms with Crippen LogP contribution in [0.15, 0.2) is 29.3 Å². The van der Waals surface area contributed by atoms with Crippen molar-refractivity contribution in [2.75, 3.05) is 53.7 Å². The summed E-state index contributed by atoms with van der Waals surface area (Å²) in [4.78, 5) is 6.79. The van der Waals surface area contributed by atoms with Gasteiger partial charge >= 0.3 is 0 Å². The Bertz CT molecular complexity index is 572. The summed E-state index contributed by atoms with van der Waals surface area (Å²) in [7, 11) is 3.55. The van der Waals surface area contributed by atoms with E-state index in [1.807, 2.05) is 7.05 Å². The normalized spacial score (nSPS) is 16.9. The highest BCUT2D eigenvalue weighted by molar-refractivity contribution is 14.0. The minimum atomic E-state index is 0. The predicted molar refractivity (Wildman–Crippen MR) is 124 cm³/mol. The average molecular weight is 505 g/mol. The fraction of sp³-hybridized carbons (Fsp3) is 0.667. The standard InChI is InChI=1S/C21H35N3O3.HI/c1-4-11-26-17-20-8-6-5-7-19(20)14-23-21(22-2)24-10-9-18(15-24)16-27-13-12-25-3;/h5-8,18H,4,9-17H2,1-3H3,(H,22,23);1H. The maximum atomic E-state index is 5.72. The number of hydrogen-bond acceptors (Lipinski definition) is 4. The molecule has 1 heterocycles. The molecule has 160 valence electrons. The minimum Gasteiger partial charge on any atom is -0.382 e. The van der Waals surface area contributed by atoms with Gasteiger partial charge in [0.05, 0.1) is 26.4 Å². The van der Waals surface area contributed by atoms with Gasteiger partial charge in [0, 0.05) is 46.3 Å². The molecule has 1 aromatic rings. The molecule has 1 saturated heterocycles. The van der Waals surface area contributed by atoms with Crippen molar-refractivity contribution in [1.82, 2.24) is 10.2 Å². The van der Waals surface area contributed by atoms with Gasteiger partial charge in [-0.05, 0) is 24.0 Å². The SMILES string of the molecule is CCCOCc1ccccc1CNC(=NC)N1CCC(COCCOC)C1.I. The van der Waals surface area contributed by atoms with Crippen LogP contribution in [0.1, 0.15) is 30.9 Å². The Balaban J connectivity index is 0.00000392. The van der Waals surface area contributed by atoms with E-state index < -0.39 is 0 Å². The minimum absolute atomic E-state index is 0. The third kappa shape index (κ3) is 8.63. The van der Waals surface area contributed by atoms with Gasteiger partial charge in [-0.2, -0.15) is 0 Å². The molecule has 0 radical (unpaired) electrons. The summed E-state index contributed by atoms with van der Waals surface area (Å²) in [6.07, 6.45) is 2.17. The summed E-state index contributed by atoms with van der Waals surface area (Å²) < 4.78 is 16.4. The largest absolute Gasteiger partial charge is 0.382 e. The fourth-order valence-corrected chi connectivity index (χ4v) is 3.26. The zero-order chi connectivity index (χ0) is 19.3. The van der Waals surface area contributed by atoms with E-state index in [4.69, 9.17) is 14.2 Å². The number of benzene rings is 1. The van der Waals surface area contributed by atoms with Crippen molar-refractivity contribution < 1.29 is 14.2 Å². The number of methoxy groups -OCH3 is 1. The lowest BCUT2D eigenvalue weighted by Gasteiger charge is -2.22. The van der Waals surface area contributed by atoms with Gasteiger partial charge < -0.3 is 24.4 Å². The van der Waals surface area contributed by atoms with E-state index in [2.05, 4.69) is 46.4 Å². The van der Waals surface area contributed by atoms with Crippen molar-refractivity contribution >= 4 is 29.9 Å². The molecule has 6 nitrogen and oxygen atoms in total. The number of guanidine groups is 1. The van der Waals surface area contributed by atoms with Crippen molar-refractivity contribution in [3.63, 3.8) is 0 Å². The summed E-state index contributed by atoms with van der Waals surface area (Å²) in [5, 5.41) is 3.51. The zero-order valence-electron chi connectivity index (χ0n) is 17.5. The fourth-order valence-electron chi connectivity index (χ4n) is 3.26. The maximum Gasteiger partial charge on any atom is 0.193 e. The van der Waals surface area contributed by atoms with Crippen molar-refractivity contribution in [3.05, 3.63) is 35.4 Å². The van der Waals surface area contributed by atoms with Crippen molar-refractivity contribution in [2.45, 2.75) is 32.9 Å². The van der Waals surface area contributed by atoms with E-state index in [9.17, 15) is 0 Å². The second kappa shape index (κ2) is 15.0. The first-order valence-electron chi connectivity index (χ1n) is 9.95. The number of likely N-dealkylation sites (tertiary alicyclic amines) is 1. The van der Waals surface area contributed by atoms with Crippen molar-refractivity contribution in [3.8, 4) is 0 Å². The van der Waals surface area contributed by atoms with E-state index in [1.54, 1.807) is 7.11 Å². The predicted octanol–water partition coefficient (Wildman–Crippen LogP) is 3.29. The lowest BCUT2D eigenvalue weighted by molar-refractivity contribution is 0.0536. The van der Waals surface area contributed by atoms with E-state index in [0.29, 0.717) is 25.7 Å². The van der Waals surface area contributed by atoms with Crippen LogP contribution in [-0.2, 0) is 27.4 Å². The Morgan fingerprint density at radius 1 is 1.18 bits per heavy atom. The molecule has 7 heteroatoms. The molecule has 2 rings (SSSR count). The molecule has 0 aromatic heterocycles. The lowest BCUT2D eigenvalue weighted by Crippen LogP contribution is -2.40. The summed E-state index contributed by atoms with van der Waals surface area (Å²) in [5.41, 5.74) is 2.49. The topological polar surface area (TPSA) is 55.3 Å². The van der Waals surface area contributed by atoms with Crippen LogP contribution in [0, 0.1) is 5.92 Å². The van der Waals surface area contributed by atoms with Crippen molar-refractivity contribution in [1.29, 1.82) is 0 Å². The molecule has 0 bridgehead atoms. The van der Waals surface area contributed by atoms with Gasteiger partial charge in [0.25, 0.3) is 0 Å². The average Bonchev–Trinajstić information content (AvgIpc) is 3.16. The van der Waals surface area contributed by atoms with Crippen LogP contribution < -0.4 is 5.32 Å². The number of aliphatic imine (C=N–C) groups is 1. The van der Waals surface area contributed by atoms with E-state index in [0.717, 1.165) is 51.6 Å². The zero-order valence-corrected chi connectivity index (χ0v) is 19.8. The number of hydrogen-bond donors (Lipinski definition) is 1. The first kappa shape index (κ1) is 25.1. The highest BCUT2D eigenvalue weighted by Crippen LogP contribution is 2.17. The second-order valence-electron chi connectivity index (χ2n) is 6.89. The summed E-state index contributed by atoms with van der Waals surface area (Å²) in [6.45, 7) is 8.44. The monoisotopic (exact) mass is 505 g/mol. The highest BCUT2D eigenvalue weighted by atomic mass is 127. The van der Waals surface area contributed by atoms with Gasteiger partial charge in [0.1, 0.15) is 0 Å². The molecule has 1 fully saturated rings. The molecule has 0 spiro atoms. The molecule has 1 aliphatic heterocycles. The van der Waals surface area contributed by atoms with Crippen molar-refractivity contribution in [2.24, 2.45) is 10.9 Å². The van der Waals surface area contributed by atoms with Crippen LogP contribution in [0.2, 0.25) is 0 Å². The number of nitrogens with zero attached hydrogens (tertiary/aromatic N) is 2. The summed E-state index contributed by atoms with van der Waals surface area (Å²) in [6, 6.07) is 8.43. The van der Waals surface area contributed by atoms with E-state index >= 15 is 0 Å². The third-order valence-electron chi connectivity index (χ3n) is 4.74. The van der Waals surface area contributed by atoms with E-state index in [-0.39, 0.29) is 24.0 Å². The molecule has 1 N–H and O–H groups in total. The smallest absolute Gasteiger partial charge is 0.193 e. The first-order chi connectivity index (χ1) is 13.3. The molecule has 1 aliphatic rings. The number of ether oxygens (including phenoxy) is 3. The molecule has 0 aliphatic carbocycles. The van der Waals surface area contributed by atoms with Crippen LogP contribution in [0.4, 0.5) is 0 Å². The molecule has 1 atom stereocenters. The molecule has 0 amide bonds. The summed E-state index contributed by atoms with van der Waals surface area (Å²) >= 11 is 0. The Hall–Kier alpha value is -0.900. The summed E-state index contributed by atoms with van der Waals surface area (Å²) in [5.74, 6) is 1.51. The van der Waals surface area contributed by atoms with Gasteiger partial charge in [-0.1, -0.05) is 31.2 Å². The number of rotatable bonds is 11. The molecule has 1 unspecified atom stereocenters. The van der Waals surface area contributed by atoms with Gasteiger partial charge in [0.15, 0.2) is 5.96 Å². The van der Waals surface area contributed by atoms with Crippen LogP contribution in [0.25, 0.3) is 0 Å². The Morgan fingerprint density at radius 3 is 2.68 bits per heavy atom. The van der Waals surface area contributed by atoms with Gasteiger partial charge in [-0.25, -0.2) is 0 Å². The van der Waals surface area contributed by atoms with Gasteiger partial charge in [0.2, 0.25) is 0 Å². The maximum absolute atomic E-state index is 5.72. The number of nitrogens with one attached hydrogen (secondary N) is 1. The van der Waals surface area contributed by atoms with Crippen LogP contribution in [-0.4, -0.2) is 64.5 Å². The Kier molecular flexibility index (Phi) is 13.5. The van der Waals surface area contributed by atoms with Crippen LogP contribution >= 0.6 is 24.0 Å². The van der Waals surface area contributed by atoms with Crippen LogP contribution in [0.5, 0.6) is 0 Å². The molecule has 28 heavy (non-hydrogen) atoms. The molecular weight excluding hydrogens is 469 g/mol. The second-order valence-corrected chi connectivity index (χ2v) is 6.89. The lowest BCUT2D eigenvalue weighted by atomic mass is 10.1. The van der Waals surface area contributed by atoms with Gasteiger partial charge in [-0.15, -0.1) is 24.0 Å². The molecular formula is C21H36IN3O3. The molecule has 0 saturated carbocycles. The number of halogens is 1. The Morgan fingerprint density at radius 2 is 1.96 bits per heavy atom. The van der Waals surface area contributed by atoms with Gasteiger partial charge in [-0.3, -0.25) is 4.99 Å².